The van der Waals surface area contributed by atoms with Crippen molar-refractivity contribution in [3.63, 3.8) is 0 Å². The number of aryl methyl sites for hydroxylation is 2. The number of fused-ring (bicyclic) bond motifs is 1. The number of imidazole rings is 1. The highest BCUT2D eigenvalue weighted by atomic mass is 16.2. The van der Waals surface area contributed by atoms with Crippen LogP contribution in [0.3, 0.4) is 0 Å². The zero-order chi connectivity index (χ0) is 20.0. The molecule has 4 rings (SSSR count). The Bertz CT molecular complexity index is 1130. The Labute approximate surface area is 164 Å². The molecule has 6 nitrogen and oxygen atoms in total. The van der Waals surface area contributed by atoms with Gasteiger partial charge in [0.2, 0.25) is 0 Å². The van der Waals surface area contributed by atoms with E-state index in [1.165, 1.54) is 0 Å². The third-order valence-electron chi connectivity index (χ3n) is 5.81. The maximum absolute atomic E-state index is 13.3. The first-order valence-electron chi connectivity index (χ1n) is 9.87. The average Bonchev–Trinajstić information content (AvgIpc) is 3.30. The van der Waals surface area contributed by atoms with Gasteiger partial charge in [-0.15, -0.1) is 0 Å². The summed E-state index contributed by atoms with van der Waals surface area (Å²) in [6.45, 7) is 6.65. The molecule has 2 aromatic heterocycles. The third-order valence-corrected chi connectivity index (χ3v) is 5.81. The van der Waals surface area contributed by atoms with Crippen molar-refractivity contribution in [1.29, 1.82) is 0 Å². The summed E-state index contributed by atoms with van der Waals surface area (Å²) >= 11 is 0. The first kappa shape index (κ1) is 18.5. The molecule has 0 radical (unpaired) electrons. The number of benzene rings is 1. The topological polar surface area (TPSA) is 71.0 Å². The van der Waals surface area contributed by atoms with Crippen LogP contribution >= 0.6 is 0 Å². The van der Waals surface area contributed by atoms with Gasteiger partial charge in [0, 0.05) is 19.3 Å². The molecule has 1 saturated heterocycles. The minimum atomic E-state index is -0.224. The van der Waals surface area contributed by atoms with Crippen molar-refractivity contribution in [2.75, 3.05) is 6.54 Å². The number of hydrogen-bond acceptors (Lipinski definition) is 3. The quantitative estimate of drug-likeness (QED) is 0.759. The second-order valence-electron chi connectivity index (χ2n) is 7.70. The fourth-order valence-electron chi connectivity index (χ4n) is 4.35. The van der Waals surface area contributed by atoms with Crippen LogP contribution in [0.4, 0.5) is 0 Å². The van der Waals surface area contributed by atoms with Crippen LogP contribution in [0.2, 0.25) is 0 Å². The van der Waals surface area contributed by atoms with Gasteiger partial charge < -0.3 is 14.5 Å². The predicted molar refractivity (Wildman–Crippen MR) is 110 cm³/mol. The van der Waals surface area contributed by atoms with E-state index in [-0.39, 0.29) is 23.1 Å². The second kappa shape index (κ2) is 6.93. The van der Waals surface area contributed by atoms with E-state index in [2.05, 4.69) is 11.1 Å². The van der Waals surface area contributed by atoms with Crippen LogP contribution in [0.5, 0.6) is 0 Å². The zero-order valence-corrected chi connectivity index (χ0v) is 16.9. The Kier molecular flexibility index (Phi) is 4.57. The Hall–Kier alpha value is -2.89. The van der Waals surface area contributed by atoms with Gasteiger partial charge in [0.25, 0.3) is 11.5 Å². The lowest BCUT2D eigenvalue weighted by atomic mass is 10.1. The third kappa shape index (κ3) is 2.93. The first-order chi connectivity index (χ1) is 13.4. The Morgan fingerprint density at radius 3 is 2.82 bits per heavy atom. The summed E-state index contributed by atoms with van der Waals surface area (Å²) in [5, 5.41) is 0. The minimum absolute atomic E-state index is 0.129. The lowest BCUT2D eigenvalue weighted by molar-refractivity contribution is 0.0728. The van der Waals surface area contributed by atoms with Crippen LogP contribution in [-0.2, 0) is 13.5 Å². The van der Waals surface area contributed by atoms with E-state index in [0.717, 1.165) is 52.9 Å². The predicted octanol–water partition coefficient (Wildman–Crippen LogP) is 3.42. The van der Waals surface area contributed by atoms with Crippen LogP contribution in [-0.4, -0.2) is 31.9 Å². The van der Waals surface area contributed by atoms with Crippen LogP contribution in [0.15, 0.2) is 29.1 Å². The van der Waals surface area contributed by atoms with Gasteiger partial charge in [-0.05, 0) is 62.4 Å². The SMILES string of the molecule is CCc1c(C)cc(C(=O)N2CCC[C@H]2c2nc3ccc(C)cc3[nH]2)c(=O)n1C. The molecule has 1 atom stereocenters. The molecule has 0 bridgehead atoms. The van der Waals surface area contributed by atoms with Crippen molar-refractivity contribution < 1.29 is 4.79 Å². The van der Waals surface area contributed by atoms with Gasteiger partial charge in [0.05, 0.1) is 17.1 Å². The molecule has 1 amide bonds. The molecule has 3 aromatic rings. The summed E-state index contributed by atoms with van der Waals surface area (Å²) in [6, 6.07) is 7.72. The molecule has 6 heteroatoms. The molecule has 1 fully saturated rings. The van der Waals surface area contributed by atoms with E-state index in [1.54, 1.807) is 22.6 Å². The number of aromatic amines is 1. The molecular weight excluding hydrogens is 352 g/mol. The summed E-state index contributed by atoms with van der Waals surface area (Å²) < 4.78 is 1.61. The summed E-state index contributed by atoms with van der Waals surface area (Å²) in [5.74, 6) is 0.593. The van der Waals surface area contributed by atoms with Gasteiger partial charge in [0.15, 0.2) is 0 Å². The molecule has 1 N–H and O–H groups in total. The molecule has 0 aliphatic carbocycles. The van der Waals surface area contributed by atoms with Crippen molar-refractivity contribution >= 4 is 16.9 Å². The van der Waals surface area contributed by atoms with E-state index in [1.807, 2.05) is 32.9 Å². The van der Waals surface area contributed by atoms with Crippen molar-refractivity contribution in [1.82, 2.24) is 19.4 Å². The molecule has 28 heavy (non-hydrogen) atoms. The fourth-order valence-corrected chi connectivity index (χ4v) is 4.35. The van der Waals surface area contributed by atoms with E-state index in [4.69, 9.17) is 4.98 Å². The Balaban J connectivity index is 1.72. The maximum atomic E-state index is 13.3. The summed E-state index contributed by atoms with van der Waals surface area (Å²) in [6.07, 6.45) is 2.51. The number of likely N-dealkylation sites (tertiary alicyclic amines) is 1. The second-order valence-corrected chi connectivity index (χ2v) is 7.70. The smallest absolute Gasteiger partial charge is 0.263 e. The normalized spacial score (nSPS) is 16.9. The minimum Gasteiger partial charge on any atom is -0.340 e. The van der Waals surface area contributed by atoms with Gasteiger partial charge in [-0.2, -0.15) is 0 Å². The van der Waals surface area contributed by atoms with Crippen molar-refractivity contribution in [3.05, 3.63) is 62.8 Å². The molecular formula is C22H26N4O2. The number of carbonyl (C=O) groups excluding carboxylic acids is 1. The fraction of sp³-hybridized carbons (Fsp3) is 0.409. The summed E-state index contributed by atoms with van der Waals surface area (Å²) in [7, 11) is 1.74. The molecule has 1 aromatic carbocycles. The van der Waals surface area contributed by atoms with Gasteiger partial charge in [-0.25, -0.2) is 4.98 Å². The highest BCUT2D eigenvalue weighted by Gasteiger charge is 2.34. The Morgan fingerprint density at radius 1 is 1.29 bits per heavy atom. The molecule has 3 heterocycles. The zero-order valence-electron chi connectivity index (χ0n) is 16.9. The number of nitrogens with one attached hydrogen (secondary N) is 1. The number of amides is 1. The summed E-state index contributed by atoms with van der Waals surface area (Å²) in [5.41, 5.74) is 5.01. The molecule has 0 spiro atoms. The number of hydrogen-bond donors (Lipinski definition) is 1. The molecule has 0 unspecified atom stereocenters. The van der Waals surface area contributed by atoms with E-state index in [0.29, 0.717) is 6.54 Å². The van der Waals surface area contributed by atoms with Crippen LogP contribution < -0.4 is 5.56 Å². The lowest BCUT2D eigenvalue weighted by Crippen LogP contribution is -2.37. The number of H-pyrrole nitrogens is 1. The lowest BCUT2D eigenvalue weighted by Gasteiger charge is -2.24. The Morgan fingerprint density at radius 2 is 2.07 bits per heavy atom. The number of pyridine rings is 1. The standard InChI is InChI=1S/C22H26N4O2/c1-5-18-14(3)12-15(21(27)25(18)4)22(28)26-10-6-7-19(26)20-23-16-9-8-13(2)11-17(16)24-20/h8-9,11-12,19H,5-7,10H2,1-4H3,(H,23,24)/t19-/m0/s1. The van der Waals surface area contributed by atoms with Gasteiger partial charge in [-0.1, -0.05) is 13.0 Å². The number of rotatable bonds is 3. The molecule has 1 aliphatic heterocycles. The first-order valence-corrected chi connectivity index (χ1v) is 9.87. The highest BCUT2D eigenvalue weighted by molar-refractivity contribution is 5.94. The monoisotopic (exact) mass is 378 g/mol. The average molecular weight is 378 g/mol. The van der Waals surface area contributed by atoms with Crippen LogP contribution in [0.25, 0.3) is 11.0 Å². The van der Waals surface area contributed by atoms with E-state index >= 15 is 0 Å². The van der Waals surface area contributed by atoms with E-state index < -0.39 is 0 Å². The maximum Gasteiger partial charge on any atom is 0.263 e. The molecule has 0 saturated carbocycles. The van der Waals surface area contributed by atoms with Gasteiger partial charge in [-0.3, -0.25) is 9.59 Å². The molecule has 1 aliphatic rings. The largest absolute Gasteiger partial charge is 0.340 e. The van der Waals surface area contributed by atoms with E-state index in [9.17, 15) is 9.59 Å². The highest BCUT2D eigenvalue weighted by Crippen LogP contribution is 2.32. The van der Waals surface area contributed by atoms with Gasteiger partial charge >= 0.3 is 0 Å². The van der Waals surface area contributed by atoms with Crippen LogP contribution in [0, 0.1) is 13.8 Å². The number of nitrogens with zero attached hydrogens (tertiary/aromatic N) is 3. The van der Waals surface area contributed by atoms with Crippen molar-refractivity contribution in [2.24, 2.45) is 7.05 Å². The van der Waals surface area contributed by atoms with Gasteiger partial charge in [0.1, 0.15) is 11.4 Å². The summed E-state index contributed by atoms with van der Waals surface area (Å²) in [4.78, 5) is 36.0. The van der Waals surface area contributed by atoms with Crippen LogP contribution in [0.1, 0.15) is 58.8 Å². The number of aromatic nitrogens is 3. The van der Waals surface area contributed by atoms with Crippen molar-refractivity contribution in [2.45, 2.75) is 46.1 Å². The molecule has 146 valence electrons. The van der Waals surface area contributed by atoms with Crippen molar-refractivity contribution in [3.8, 4) is 0 Å². The number of carbonyl (C=O) groups is 1.